The van der Waals surface area contributed by atoms with Crippen molar-refractivity contribution in [3.8, 4) is 0 Å². The summed E-state index contributed by atoms with van der Waals surface area (Å²) < 4.78 is 0. The largest absolute Gasteiger partial charge is 0.355 e. The molecule has 0 aromatic carbocycles. The summed E-state index contributed by atoms with van der Waals surface area (Å²) >= 11 is 5.68. The first kappa shape index (κ1) is 15.8. The summed E-state index contributed by atoms with van der Waals surface area (Å²) in [6, 6.07) is 0. The quantitative estimate of drug-likeness (QED) is 0.685. The van der Waals surface area contributed by atoms with Gasteiger partial charge in [0.2, 0.25) is 5.91 Å². The average Bonchev–Trinajstić information content (AvgIpc) is 2.23. The van der Waals surface area contributed by atoms with Crippen molar-refractivity contribution in [1.82, 2.24) is 5.32 Å². The smallest absolute Gasteiger partial charge is 0.225 e. The number of rotatable bonds is 7. The number of alkyl halides is 1. The summed E-state index contributed by atoms with van der Waals surface area (Å²) in [6.07, 6.45) is 2.91. The molecule has 0 aromatic heterocycles. The van der Waals surface area contributed by atoms with Gasteiger partial charge in [0.1, 0.15) is 0 Å². The zero-order valence-electron chi connectivity index (χ0n) is 11.3. The van der Waals surface area contributed by atoms with E-state index in [0.717, 1.165) is 25.8 Å². The predicted octanol–water partition coefficient (Wildman–Crippen LogP) is 3.58. The molecule has 0 saturated heterocycles. The Labute approximate surface area is 105 Å². The Morgan fingerprint density at radius 2 is 1.81 bits per heavy atom. The Bertz CT molecular complexity index is 224. The van der Waals surface area contributed by atoms with E-state index in [1.807, 2.05) is 20.8 Å². The van der Waals surface area contributed by atoms with E-state index in [9.17, 15) is 4.79 Å². The third-order valence-corrected chi connectivity index (χ3v) is 3.48. The van der Waals surface area contributed by atoms with Gasteiger partial charge in [0.25, 0.3) is 0 Å². The van der Waals surface area contributed by atoms with Crippen molar-refractivity contribution in [2.24, 2.45) is 10.8 Å². The van der Waals surface area contributed by atoms with E-state index in [4.69, 9.17) is 11.6 Å². The number of carbonyl (C=O) groups excluding carboxylic acids is 1. The van der Waals surface area contributed by atoms with Crippen molar-refractivity contribution < 1.29 is 4.79 Å². The summed E-state index contributed by atoms with van der Waals surface area (Å²) in [4.78, 5) is 11.9. The second-order valence-electron chi connectivity index (χ2n) is 5.88. The number of hydrogen-bond donors (Lipinski definition) is 1. The minimum Gasteiger partial charge on any atom is -0.355 e. The van der Waals surface area contributed by atoms with Gasteiger partial charge >= 0.3 is 0 Å². The molecule has 0 heterocycles. The van der Waals surface area contributed by atoms with Crippen LogP contribution in [-0.2, 0) is 4.79 Å². The summed E-state index contributed by atoms with van der Waals surface area (Å²) in [5, 5.41) is 3.04. The molecule has 0 spiro atoms. The van der Waals surface area contributed by atoms with Crippen molar-refractivity contribution >= 4 is 17.5 Å². The van der Waals surface area contributed by atoms with E-state index >= 15 is 0 Å². The molecule has 3 heteroatoms. The summed E-state index contributed by atoms with van der Waals surface area (Å²) in [7, 11) is 0. The maximum absolute atomic E-state index is 11.9. The molecule has 2 nitrogen and oxygen atoms in total. The van der Waals surface area contributed by atoms with Gasteiger partial charge in [0.15, 0.2) is 0 Å². The van der Waals surface area contributed by atoms with Gasteiger partial charge in [-0.1, -0.05) is 34.6 Å². The molecule has 0 radical (unpaired) electrons. The number of nitrogens with one attached hydrogen (secondary N) is 1. The maximum atomic E-state index is 11.9. The van der Waals surface area contributed by atoms with E-state index in [2.05, 4.69) is 19.2 Å². The van der Waals surface area contributed by atoms with Gasteiger partial charge in [0, 0.05) is 17.8 Å². The number of carbonyl (C=O) groups is 1. The van der Waals surface area contributed by atoms with Crippen LogP contribution in [0.3, 0.4) is 0 Å². The van der Waals surface area contributed by atoms with Crippen LogP contribution < -0.4 is 5.32 Å². The van der Waals surface area contributed by atoms with Crippen LogP contribution in [0.25, 0.3) is 0 Å². The summed E-state index contributed by atoms with van der Waals surface area (Å²) in [5.41, 5.74) is -0.128. The molecule has 16 heavy (non-hydrogen) atoms. The molecule has 1 N–H and O–H groups in total. The SMILES string of the molecule is CCC(C)(C)C(=O)NCC(C)(C)CCCCl. The molecular weight excluding hydrogens is 222 g/mol. The highest BCUT2D eigenvalue weighted by molar-refractivity contribution is 6.17. The van der Waals surface area contributed by atoms with Gasteiger partial charge in [-0.25, -0.2) is 0 Å². The zero-order valence-corrected chi connectivity index (χ0v) is 12.1. The topological polar surface area (TPSA) is 29.1 Å². The van der Waals surface area contributed by atoms with Gasteiger partial charge in [-0.05, 0) is 24.7 Å². The van der Waals surface area contributed by atoms with Gasteiger partial charge in [0.05, 0.1) is 0 Å². The van der Waals surface area contributed by atoms with Gasteiger partial charge in [-0.2, -0.15) is 0 Å². The van der Waals surface area contributed by atoms with Crippen molar-refractivity contribution in [2.75, 3.05) is 12.4 Å². The van der Waals surface area contributed by atoms with Crippen LogP contribution in [0, 0.1) is 10.8 Å². The molecule has 0 aromatic rings. The van der Waals surface area contributed by atoms with Crippen molar-refractivity contribution in [3.05, 3.63) is 0 Å². The van der Waals surface area contributed by atoms with E-state index < -0.39 is 0 Å². The van der Waals surface area contributed by atoms with E-state index in [0.29, 0.717) is 5.88 Å². The average molecular weight is 248 g/mol. The van der Waals surface area contributed by atoms with Crippen molar-refractivity contribution in [2.45, 2.75) is 53.9 Å². The highest BCUT2D eigenvalue weighted by Crippen LogP contribution is 2.23. The van der Waals surface area contributed by atoms with E-state index in [1.165, 1.54) is 0 Å². The normalized spacial score (nSPS) is 12.6. The fraction of sp³-hybridized carbons (Fsp3) is 0.923. The Balaban J connectivity index is 4.09. The van der Waals surface area contributed by atoms with E-state index in [-0.39, 0.29) is 16.7 Å². The first-order valence-electron chi connectivity index (χ1n) is 6.09. The molecule has 0 aliphatic heterocycles. The van der Waals surface area contributed by atoms with Crippen LogP contribution in [0.2, 0.25) is 0 Å². The van der Waals surface area contributed by atoms with Crippen LogP contribution in [0.4, 0.5) is 0 Å². The highest BCUT2D eigenvalue weighted by Gasteiger charge is 2.27. The van der Waals surface area contributed by atoms with Crippen LogP contribution in [0.15, 0.2) is 0 Å². The fourth-order valence-electron chi connectivity index (χ4n) is 1.35. The lowest BCUT2D eigenvalue weighted by atomic mass is 9.86. The molecule has 0 fully saturated rings. The summed E-state index contributed by atoms with van der Waals surface area (Å²) in [6.45, 7) is 11.1. The number of hydrogen-bond acceptors (Lipinski definition) is 1. The molecule has 0 unspecified atom stereocenters. The first-order chi connectivity index (χ1) is 7.25. The minimum absolute atomic E-state index is 0.133. The number of halogens is 1. The molecule has 0 aliphatic rings. The Morgan fingerprint density at radius 1 is 1.25 bits per heavy atom. The second-order valence-corrected chi connectivity index (χ2v) is 6.25. The Kier molecular flexibility index (Phi) is 6.39. The van der Waals surface area contributed by atoms with Gasteiger partial charge in [-0.15, -0.1) is 11.6 Å². The van der Waals surface area contributed by atoms with Crippen molar-refractivity contribution in [3.63, 3.8) is 0 Å². The lowest BCUT2D eigenvalue weighted by molar-refractivity contribution is -0.129. The Morgan fingerprint density at radius 3 is 2.25 bits per heavy atom. The lowest BCUT2D eigenvalue weighted by Gasteiger charge is -2.28. The van der Waals surface area contributed by atoms with Crippen LogP contribution in [0.5, 0.6) is 0 Å². The third-order valence-electron chi connectivity index (χ3n) is 3.21. The van der Waals surface area contributed by atoms with Crippen LogP contribution >= 0.6 is 11.6 Å². The standard InChI is InChI=1S/C13H26ClNO/c1-6-13(4,5)11(16)15-10-12(2,3)8-7-9-14/h6-10H2,1-5H3,(H,15,16). The second kappa shape index (κ2) is 6.48. The molecule has 0 rings (SSSR count). The molecule has 0 bridgehead atoms. The van der Waals surface area contributed by atoms with Gasteiger partial charge in [-0.3, -0.25) is 4.79 Å². The summed E-state index contributed by atoms with van der Waals surface area (Å²) in [5.74, 6) is 0.839. The number of amides is 1. The minimum atomic E-state index is -0.261. The molecule has 1 amide bonds. The maximum Gasteiger partial charge on any atom is 0.225 e. The highest BCUT2D eigenvalue weighted by atomic mass is 35.5. The van der Waals surface area contributed by atoms with E-state index in [1.54, 1.807) is 0 Å². The molecule has 0 atom stereocenters. The molecule has 96 valence electrons. The Hall–Kier alpha value is -0.240. The first-order valence-corrected chi connectivity index (χ1v) is 6.63. The predicted molar refractivity (Wildman–Crippen MR) is 70.8 cm³/mol. The zero-order chi connectivity index (χ0) is 12.8. The van der Waals surface area contributed by atoms with Crippen molar-refractivity contribution in [1.29, 1.82) is 0 Å². The third kappa shape index (κ3) is 5.74. The van der Waals surface area contributed by atoms with Gasteiger partial charge < -0.3 is 5.32 Å². The molecule has 0 aliphatic carbocycles. The fourth-order valence-corrected chi connectivity index (χ4v) is 1.49. The van der Waals surface area contributed by atoms with Crippen LogP contribution in [-0.4, -0.2) is 18.3 Å². The van der Waals surface area contributed by atoms with Crippen LogP contribution in [0.1, 0.15) is 53.9 Å². The lowest BCUT2D eigenvalue weighted by Crippen LogP contribution is -2.41. The molecule has 0 saturated carbocycles. The monoisotopic (exact) mass is 247 g/mol. The molecular formula is C13H26ClNO.